The lowest BCUT2D eigenvalue weighted by Gasteiger charge is -2.18. The third kappa shape index (κ3) is 2.63. The van der Waals surface area contributed by atoms with Gasteiger partial charge in [-0.3, -0.25) is 4.79 Å². The molecule has 0 aliphatic carbocycles. The van der Waals surface area contributed by atoms with E-state index in [1.807, 2.05) is 0 Å². The van der Waals surface area contributed by atoms with Crippen molar-refractivity contribution in [2.45, 2.75) is 15.3 Å². The molecule has 0 saturated heterocycles. The summed E-state index contributed by atoms with van der Waals surface area (Å²) in [6, 6.07) is 2.48. The fourth-order valence-electron chi connectivity index (χ4n) is 1.56. The smallest absolute Gasteiger partial charge is 0.324 e. The standard InChI is InChI=1S/C9H6F3NO4S2/c10-9(11,12)18(15)5-1-2-7-6(3-5)13-8(14)4-19(7,16)17/h1-3H,4H2,(H,13,14). The number of nitrogens with one attached hydrogen (secondary N) is 1. The summed E-state index contributed by atoms with van der Waals surface area (Å²) in [7, 11) is -7.14. The average Bonchev–Trinajstić information content (AvgIpc) is 2.24. The zero-order valence-corrected chi connectivity index (χ0v) is 10.7. The van der Waals surface area contributed by atoms with E-state index in [1.165, 1.54) is 0 Å². The van der Waals surface area contributed by atoms with E-state index in [2.05, 4.69) is 5.32 Å². The monoisotopic (exact) mass is 313 g/mol. The molecular formula is C9H6F3NO4S2. The molecule has 0 radical (unpaired) electrons. The highest BCUT2D eigenvalue weighted by Crippen LogP contribution is 2.32. The minimum Gasteiger partial charge on any atom is -0.324 e. The van der Waals surface area contributed by atoms with Crippen molar-refractivity contribution in [1.29, 1.82) is 0 Å². The highest BCUT2D eigenvalue weighted by molar-refractivity contribution is 7.92. The van der Waals surface area contributed by atoms with Gasteiger partial charge in [0, 0.05) is 0 Å². The number of hydrogen-bond donors (Lipinski definition) is 1. The summed E-state index contributed by atoms with van der Waals surface area (Å²) >= 11 is 0. The summed E-state index contributed by atoms with van der Waals surface area (Å²) in [5.74, 6) is -1.61. The third-order valence-electron chi connectivity index (χ3n) is 2.31. The van der Waals surface area contributed by atoms with E-state index in [1.54, 1.807) is 0 Å². The molecule has 1 atom stereocenters. The second-order valence-electron chi connectivity index (χ2n) is 3.68. The van der Waals surface area contributed by atoms with Gasteiger partial charge in [-0.15, -0.1) is 0 Å². The summed E-state index contributed by atoms with van der Waals surface area (Å²) in [6.45, 7) is 0. The SMILES string of the molecule is O=C1CS(=O)(=O)c2ccc(S(=O)C(F)(F)F)cc2N1. The lowest BCUT2D eigenvalue weighted by atomic mass is 10.3. The number of alkyl halides is 3. The zero-order valence-electron chi connectivity index (χ0n) is 9.02. The first kappa shape index (κ1) is 14.0. The summed E-state index contributed by atoms with van der Waals surface area (Å²) in [6.07, 6.45) is 0. The van der Waals surface area contributed by atoms with Crippen LogP contribution in [0.2, 0.25) is 0 Å². The minimum absolute atomic E-state index is 0.282. The van der Waals surface area contributed by atoms with Crippen LogP contribution >= 0.6 is 0 Å². The van der Waals surface area contributed by atoms with Gasteiger partial charge in [0.25, 0.3) is 0 Å². The molecule has 1 unspecified atom stereocenters. The fourth-order valence-corrected chi connectivity index (χ4v) is 3.54. The first-order chi connectivity index (χ1) is 8.61. The Balaban J connectivity index is 2.54. The van der Waals surface area contributed by atoms with E-state index < -0.39 is 42.7 Å². The number of rotatable bonds is 1. The van der Waals surface area contributed by atoms with E-state index >= 15 is 0 Å². The van der Waals surface area contributed by atoms with Crippen LogP contribution in [0.5, 0.6) is 0 Å². The van der Waals surface area contributed by atoms with Gasteiger partial charge in [0.15, 0.2) is 20.6 Å². The van der Waals surface area contributed by atoms with Crippen LogP contribution in [0.25, 0.3) is 0 Å². The van der Waals surface area contributed by atoms with Gasteiger partial charge in [0.2, 0.25) is 5.91 Å². The van der Waals surface area contributed by atoms with Crippen LogP contribution in [0.15, 0.2) is 28.0 Å². The fraction of sp³-hybridized carbons (Fsp3) is 0.222. The normalized spacial score (nSPS) is 19.4. The van der Waals surface area contributed by atoms with Gasteiger partial charge in [-0.2, -0.15) is 13.2 Å². The van der Waals surface area contributed by atoms with Crippen LogP contribution in [-0.4, -0.2) is 29.8 Å². The van der Waals surface area contributed by atoms with Gasteiger partial charge in [0.1, 0.15) is 5.75 Å². The van der Waals surface area contributed by atoms with Crippen LogP contribution in [0, 0.1) is 0 Å². The Labute approximate surface area is 108 Å². The summed E-state index contributed by atoms with van der Waals surface area (Å²) in [5.41, 5.74) is -5.24. The van der Waals surface area contributed by atoms with Crippen LogP contribution in [-0.2, 0) is 25.4 Å². The van der Waals surface area contributed by atoms with Gasteiger partial charge in [-0.1, -0.05) is 0 Å². The van der Waals surface area contributed by atoms with E-state index in [0.717, 1.165) is 18.2 Å². The van der Waals surface area contributed by atoms with Crippen LogP contribution in [0.3, 0.4) is 0 Å². The Morgan fingerprint density at radius 3 is 2.47 bits per heavy atom. The maximum atomic E-state index is 12.3. The van der Waals surface area contributed by atoms with Gasteiger partial charge in [-0.05, 0) is 18.2 Å². The number of fused-ring (bicyclic) bond motifs is 1. The van der Waals surface area contributed by atoms with Crippen molar-refractivity contribution in [3.05, 3.63) is 18.2 Å². The van der Waals surface area contributed by atoms with Crippen LogP contribution in [0.1, 0.15) is 0 Å². The quantitative estimate of drug-likeness (QED) is 0.840. The van der Waals surface area contributed by atoms with Crippen molar-refractivity contribution in [3.63, 3.8) is 0 Å². The Morgan fingerprint density at radius 2 is 1.89 bits per heavy atom. The number of carbonyl (C=O) groups is 1. The topological polar surface area (TPSA) is 80.3 Å². The van der Waals surface area contributed by atoms with E-state index in [9.17, 15) is 30.6 Å². The van der Waals surface area contributed by atoms with Crippen molar-refractivity contribution in [2.24, 2.45) is 0 Å². The molecule has 2 rings (SSSR count). The van der Waals surface area contributed by atoms with Crippen molar-refractivity contribution in [2.75, 3.05) is 11.1 Å². The molecule has 0 saturated carbocycles. The Kier molecular flexibility index (Phi) is 3.17. The van der Waals surface area contributed by atoms with Crippen molar-refractivity contribution >= 4 is 32.2 Å². The number of carbonyl (C=O) groups excluding carboxylic acids is 1. The second kappa shape index (κ2) is 4.30. The van der Waals surface area contributed by atoms with Gasteiger partial charge in [0.05, 0.1) is 15.5 Å². The number of hydrogen-bond acceptors (Lipinski definition) is 4. The molecule has 10 heteroatoms. The molecule has 1 heterocycles. The van der Waals surface area contributed by atoms with Gasteiger partial charge >= 0.3 is 5.51 Å². The first-order valence-electron chi connectivity index (χ1n) is 4.76. The molecule has 0 bridgehead atoms. The second-order valence-corrected chi connectivity index (χ2v) is 7.11. The Bertz CT molecular complexity index is 681. The van der Waals surface area contributed by atoms with Gasteiger partial charge in [-0.25, -0.2) is 12.6 Å². The zero-order chi connectivity index (χ0) is 14.4. The summed E-state index contributed by atoms with van der Waals surface area (Å²) in [4.78, 5) is 10.2. The summed E-state index contributed by atoms with van der Waals surface area (Å²) in [5, 5.41) is 2.14. The van der Waals surface area contributed by atoms with E-state index in [0.29, 0.717) is 0 Å². The highest BCUT2D eigenvalue weighted by Gasteiger charge is 2.39. The molecule has 1 aliphatic heterocycles. The Morgan fingerprint density at radius 1 is 1.26 bits per heavy atom. The number of sulfone groups is 1. The third-order valence-corrected chi connectivity index (χ3v) is 5.08. The first-order valence-corrected chi connectivity index (χ1v) is 7.57. The molecule has 1 amide bonds. The van der Waals surface area contributed by atoms with Gasteiger partial charge < -0.3 is 5.32 Å². The largest absolute Gasteiger partial charge is 0.475 e. The molecule has 5 nitrogen and oxygen atoms in total. The predicted molar refractivity (Wildman–Crippen MR) is 59.6 cm³/mol. The number of amides is 1. The van der Waals surface area contributed by atoms with Crippen molar-refractivity contribution < 1.29 is 30.6 Å². The molecule has 19 heavy (non-hydrogen) atoms. The molecular weight excluding hydrogens is 307 g/mol. The molecule has 104 valence electrons. The highest BCUT2D eigenvalue weighted by atomic mass is 32.2. The summed E-state index contributed by atoms with van der Waals surface area (Å²) < 4.78 is 71.2. The average molecular weight is 313 g/mol. The molecule has 1 N–H and O–H groups in total. The predicted octanol–water partition coefficient (Wildman–Crippen LogP) is 1.04. The molecule has 0 aromatic heterocycles. The number of anilines is 1. The number of halogens is 3. The molecule has 1 aromatic rings. The number of benzene rings is 1. The van der Waals surface area contributed by atoms with Crippen molar-refractivity contribution in [1.82, 2.24) is 0 Å². The maximum absolute atomic E-state index is 12.3. The lowest BCUT2D eigenvalue weighted by Crippen LogP contribution is -2.29. The Hall–Kier alpha value is -1.42. The van der Waals surface area contributed by atoms with E-state index in [4.69, 9.17) is 0 Å². The van der Waals surface area contributed by atoms with E-state index in [-0.39, 0.29) is 10.6 Å². The molecule has 0 fully saturated rings. The lowest BCUT2D eigenvalue weighted by molar-refractivity contribution is -0.114. The maximum Gasteiger partial charge on any atom is 0.475 e. The molecule has 1 aliphatic rings. The minimum atomic E-state index is -4.95. The molecule has 0 spiro atoms. The molecule has 1 aromatic carbocycles. The van der Waals surface area contributed by atoms with Crippen LogP contribution < -0.4 is 5.32 Å². The van der Waals surface area contributed by atoms with Crippen LogP contribution in [0.4, 0.5) is 18.9 Å². The van der Waals surface area contributed by atoms with Crippen molar-refractivity contribution in [3.8, 4) is 0 Å².